The molecule has 0 amide bonds. The summed E-state index contributed by atoms with van der Waals surface area (Å²) in [7, 11) is 0. The molecule has 0 aliphatic heterocycles. The fourth-order valence-corrected chi connectivity index (χ4v) is 1.82. The summed E-state index contributed by atoms with van der Waals surface area (Å²) in [5.74, 6) is 0.848. The molecule has 20 heavy (non-hydrogen) atoms. The van der Waals surface area contributed by atoms with Crippen molar-refractivity contribution in [2.24, 2.45) is 0 Å². The SMILES string of the molecule is Cc1oc(C)c(C(=O)OCc2nc(N)nc(N)n2)c1C. The summed E-state index contributed by atoms with van der Waals surface area (Å²) < 4.78 is 10.5. The number of furan rings is 1. The molecule has 0 bridgehead atoms. The molecule has 0 fully saturated rings. The van der Waals surface area contributed by atoms with Crippen LogP contribution >= 0.6 is 0 Å². The number of esters is 1. The maximum atomic E-state index is 12.0. The third-order valence-electron chi connectivity index (χ3n) is 2.81. The van der Waals surface area contributed by atoms with E-state index in [1.165, 1.54) is 0 Å². The molecule has 4 N–H and O–H groups in total. The second-order valence-electron chi connectivity index (χ2n) is 4.26. The first kappa shape index (κ1) is 13.8. The van der Waals surface area contributed by atoms with Gasteiger partial charge >= 0.3 is 5.97 Å². The zero-order valence-corrected chi connectivity index (χ0v) is 11.4. The zero-order valence-electron chi connectivity index (χ0n) is 11.4. The fourth-order valence-electron chi connectivity index (χ4n) is 1.82. The van der Waals surface area contributed by atoms with Crippen molar-refractivity contribution >= 4 is 17.9 Å². The summed E-state index contributed by atoms with van der Waals surface area (Å²) in [5.41, 5.74) is 12.0. The minimum atomic E-state index is -0.505. The second-order valence-corrected chi connectivity index (χ2v) is 4.26. The molecule has 0 aliphatic rings. The van der Waals surface area contributed by atoms with Gasteiger partial charge in [-0.25, -0.2) is 4.79 Å². The average molecular weight is 277 g/mol. The van der Waals surface area contributed by atoms with Gasteiger partial charge in [-0.3, -0.25) is 0 Å². The van der Waals surface area contributed by atoms with Gasteiger partial charge in [0.25, 0.3) is 0 Å². The van der Waals surface area contributed by atoms with Crippen LogP contribution in [0.1, 0.15) is 33.3 Å². The third-order valence-corrected chi connectivity index (χ3v) is 2.81. The van der Waals surface area contributed by atoms with Crippen molar-refractivity contribution < 1.29 is 13.9 Å². The van der Waals surface area contributed by atoms with Gasteiger partial charge in [-0.1, -0.05) is 0 Å². The van der Waals surface area contributed by atoms with E-state index in [1.807, 2.05) is 0 Å². The van der Waals surface area contributed by atoms with Crippen LogP contribution in [-0.4, -0.2) is 20.9 Å². The Labute approximate surface area is 115 Å². The van der Waals surface area contributed by atoms with Gasteiger partial charge in [0.15, 0.2) is 12.4 Å². The number of aromatic nitrogens is 3. The molecule has 0 atom stereocenters. The molecule has 0 saturated heterocycles. The van der Waals surface area contributed by atoms with Gasteiger partial charge in [0, 0.05) is 5.56 Å². The number of nitrogens with two attached hydrogens (primary N) is 2. The van der Waals surface area contributed by atoms with Crippen molar-refractivity contribution in [1.82, 2.24) is 15.0 Å². The smallest absolute Gasteiger partial charge is 0.342 e. The van der Waals surface area contributed by atoms with Crippen LogP contribution in [0.2, 0.25) is 0 Å². The van der Waals surface area contributed by atoms with Gasteiger partial charge in [-0.05, 0) is 20.8 Å². The Balaban J connectivity index is 2.12. The van der Waals surface area contributed by atoms with Crippen LogP contribution in [0, 0.1) is 20.8 Å². The lowest BCUT2D eigenvalue weighted by molar-refractivity contribution is 0.0459. The minimum absolute atomic E-state index is 0.0185. The number of carbonyl (C=O) groups excluding carboxylic acids is 1. The first-order chi connectivity index (χ1) is 9.38. The van der Waals surface area contributed by atoms with Gasteiger partial charge in [-0.15, -0.1) is 0 Å². The highest BCUT2D eigenvalue weighted by Gasteiger charge is 2.20. The lowest BCUT2D eigenvalue weighted by Gasteiger charge is -2.05. The van der Waals surface area contributed by atoms with Gasteiger partial charge in [-0.2, -0.15) is 15.0 Å². The number of aryl methyl sites for hydroxylation is 2. The van der Waals surface area contributed by atoms with Crippen molar-refractivity contribution in [3.63, 3.8) is 0 Å². The first-order valence-corrected chi connectivity index (χ1v) is 5.88. The van der Waals surface area contributed by atoms with Crippen molar-refractivity contribution in [2.75, 3.05) is 11.5 Å². The Morgan fingerprint density at radius 2 is 1.70 bits per heavy atom. The van der Waals surface area contributed by atoms with Gasteiger partial charge in [0.2, 0.25) is 11.9 Å². The molecule has 2 aromatic heterocycles. The number of anilines is 2. The Morgan fingerprint density at radius 1 is 1.10 bits per heavy atom. The Bertz CT molecular complexity index is 645. The Kier molecular flexibility index (Phi) is 3.55. The van der Waals surface area contributed by atoms with Gasteiger partial charge in [0.1, 0.15) is 17.1 Å². The predicted octanol–water partition coefficient (Wildman–Crippen LogP) is 0.911. The quantitative estimate of drug-likeness (QED) is 0.791. The molecule has 0 radical (unpaired) electrons. The molecule has 0 aliphatic carbocycles. The lowest BCUT2D eigenvalue weighted by Crippen LogP contribution is -2.12. The van der Waals surface area contributed by atoms with Gasteiger partial charge < -0.3 is 20.6 Å². The maximum Gasteiger partial charge on any atom is 0.342 e. The summed E-state index contributed by atoms with van der Waals surface area (Å²) in [6.07, 6.45) is 0. The maximum absolute atomic E-state index is 12.0. The van der Waals surface area contributed by atoms with Crippen molar-refractivity contribution in [3.8, 4) is 0 Å². The van der Waals surface area contributed by atoms with E-state index in [9.17, 15) is 4.79 Å². The van der Waals surface area contributed by atoms with E-state index in [0.29, 0.717) is 17.1 Å². The Morgan fingerprint density at radius 3 is 2.20 bits per heavy atom. The van der Waals surface area contributed by atoms with Crippen molar-refractivity contribution in [3.05, 3.63) is 28.5 Å². The molecule has 2 heterocycles. The molecule has 0 aromatic carbocycles. The standard InChI is InChI=1S/C12H15N5O3/c1-5-6(2)20-7(3)9(5)10(18)19-4-8-15-11(13)17-12(14)16-8/h4H2,1-3H3,(H4,13,14,15,16,17). The summed E-state index contributed by atoms with van der Waals surface area (Å²) in [5, 5.41) is 0. The molecule has 8 nitrogen and oxygen atoms in total. The highest BCUT2D eigenvalue weighted by Crippen LogP contribution is 2.21. The number of nitrogens with zero attached hydrogens (tertiary/aromatic N) is 3. The van der Waals surface area contributed by atoms with E-state index in [-0.39, 0.29) is 24.3 Å². The highest BCUT2D eigenvalue weighted by atomic mass is 16.5. The number of hydrogen-bond donors (Lipinski definition) is 2. The molecule has 106 valence electrons. The monoisotopic (exact) mass is 277 g/mol. The van der Waals surface area contributed by atoms with Crippen molar-refractivity contribution in [2.45, 2.75) is 27.4 Å². The highest BCUT2D eigenvalue weighted by molar-refractivity contribution is 5.92. The zero-order chi connectivity index (χ0) is 14.9. The molecule has 0 unspecified atom stereocenters. The molecule has 0 spiro atoms. The third kappa shape index (κ3) is 2.68. The van der Waals surface area contributed by atoms with Crippen molar-refractivity contribution in [1.29, 1.82) is 0 Å². The average Bonchev–Trinajstić information content (AvgIpc) is 2.59. The predicted molar refractivity (Wildman–Crippen MR) is 70.7 cm³/mol. The molecular weight excluding hydrogens is 262 g/mol. The molecule has 2 aromatic rings. The summed E-state index contributed by atoms with van der Waals surface area (Å²) in [6.45, 7) is 5.14. The number of nitrogen functional groups attached to an aromatic ring is 2. The molecular formula is C12H15N5O3. The fraction of sp³-hybridized carbons (Fsp3) is 0.333. The van der Waals surface area contributed by atoms with Crippen LogP contribution in [-0.2, 0) is 11.3 Å². The van der Waals surface area contributed by atoms with Crippen LogP contribution in [0.4, 0.5) is 11.9 Å². The van der Waals surface area contributed by atoms with Crippen LogP contribution in [0.3, 0.4) is 0 Å². The number of ether oxygens (including phenoxy) is 1. The lowest BCUT2D eigenvalue weighted by atomic mass is 10.1. The van der Waals surface area contributed by atoms with Crippen LogP contribution < -0.4 is 11.5 Å². The number of hydrogen-bond acceptors (Lipinski definition) is 8. The normalized spacial score (nSPS) is 10.6. The van der Waals surface area contributed by atoms with E-state index < -0.39 is 5.97 Å². The van der Waals surface area contributed by atoms with E-state index in [4.69, 9.17) is 20.6 Å². The largest absolute Gasteiger partial charge is 0.465 e. The first-order valence-electron chi connectivity index (χ1n) is 5.88. The van der Waals surface area contributed by atoms with Crippen LogP contribution in [0.15, 0.2) is 4.42 Å². The number of carbonyl (C=O) groups is 1. The topological polar surface area (TPSA) is 130 Å². The van der Waals surface area contributed by atoms with E-state index in [1.54, 1.807) is 20.8 Å². The molecule has 8 heteroatoms. The van der Waals surface area contributed by atoms with Crippen LogP contribution in [0.25, 0.3) is 0 Å². The van der Waals surface area contributed by atoms with Crippen LogP contribution in [0.5, 0.6) is 0 Å². The number of rotatable bonds is 3. The van der Waals surface area contributed by atoms with E-state index >= 15 is 0 Å². The molecule has 0 saturated carbocycles. The Hall–Kier alpha value is -2.64. The minimum Gasteiger partial charge on any atom is -0.465 e. The van der Waals surface area contributed by atoms with E-state index in [0.717, 1.165) is 5.56 Å². The summed E-state index contributed by atoms with van der Waals surface area (Å²) in [4.78, 5) is 23.3. The molecule has 2 rings (SSSR count). The van der Waals surface area contributed by atoms with E-state index in [2.05, 4.69) is 15.0 Å². The van der Waals surface area contributed by atoms with Gasteiger partial charge in [0.05, 0.1) is 0 Å². The second kappa shape index (κ2) is 5.16. The summed E-state index contributed by atoms with van der Waals surface area (Å²) in [6, 6.07) is 0. The summed E-state index contributed by atoms with van der Waals surface area (Å²) >= 11 is 0.